The zero-order valence-electron chi connectivity index (χ0n) is 19.9. The molecule has 34 heavy (non-hydrogen) atoms. The Kier molecular flexibility index (Phi) is 7.90. The van der Waals surface area contributed by atoms with E-state index in [-0.39, 0.29) is 5.91 Å². The molecule has 1 aromatic heterocycles. The van der Waals surface area contributed by atoms with Crippen LogP contribution in [0.25, 0.3) is 0 Å². The summed E-state index contributed by atoms with van der Waals surface area (Å²) in [6.07, 6.45) is 3.17. The molecule has 0 spiro atoms. The summed E-state index contributed by atoms with van der Waals surface area (Å²) in [7, 11) is 0. The Balaban J connectivity index is 1.69. The number of nitrogens with one attached hydrogen (secondary N) is 2. The lowest BCUT2D eigenvalue weighted by Crippen LogP contribution is -2.31. The van der Waals surface area contributed by atoms with E-state index in [1.807, 2.05) is 66.2 Å². The number of anilines is 2. The maximum atomic E-state index is 13.5. The summed E-state index contributed by atoms with van der Waals surface area (Å²) in [5.74, 6) is 2.24. The number of unbranched alkanes of at least 4 members (excludes halogenated alkanes) is 1. The van der Waals surface area contributed by atoms with Crippen LogP contribution in [0.5, 0.6) is 5.75 Å². The van der Waals surface area contributed by atoms with Crippen molar-refractivity contribution in [3.63, 3.8) is 0 Å². The molecule has 1 aliphatic heterocycles. The molecule has 1 unspecified atom stereocenters. The van der Waals surface area contributed by atoms with E-state index in [2.05, 4.69) is 24.5 Å². The van der Waals surface area contributed by atoms with Crippen LogP contribution in [0.1, 0.15) is 51.6 Å². The maximum absolute atomic E-state index is 13.5. The number of allylic oxidation sites excluding steroid dienone is 1. The summed E-state index contributed by atoms with van der Waals surface area (Å²) in [5, 5.41) is 11.8. The van der Waals surface area contributed by atoms with E-state index >= 15 is 0 Å². The molecule has 0 saturated heterocycles. The third kappa shape index (κ3) is 5.44. The van der Waals surface area contributed by atoms with Crippen molar-refractivity contribution in [3.05, 3.63) is 71.4 Å². The van der Waals surface area contributed by atoms with Crippen LogP contribution in [-0.2, 0) is 4.79 Å². The number of carbonyl (C=O) groups is 1. The molecule has 1 aliphatic rings. The highest BCUT2D eigenvalue weighted by atomic mass is 32.2. The standard InChI is InChI=1S/C26H31N5O2S/c1-4-6-17-34-26-29-25-27-18(3)22(24(32)28-20-10-8-7-9-11-20)23(31(25)30-26)19-12-14-21(15-13-19)33-16-5-2/h7-15,23H,4-6,16-17H2,1-3H3,(H,28,32)(H,27,29,30). The third-order valence-corrected chi connectivity index (χ3v) is 6.43. The number of benzene rings is 2. The van der Waals surface area contributed by atoms with Gasteiger partial charge in [-0.05, 0) is 49.6 Å². The number of para-hydroxylation sites is 1. The van der Waals surface area contributed by atoms with Crippen molar-refractivity contribution in [3.8, 4) is 5.75 Å². The molecule has 2 aromatic carbocycles. The lowest BCUT2D eigenvalue weighted by Gasteiger charge is -2.28. The molecule has 0 aliphatic carbocycles. The van der Waals surface area contributed by atoms with E-state index in [1.165, 1.54) is 0 Å². The van der Waals surface area contributed by atoms with Gasteiger partial charge in [0.15, 0.2) is 0 Å². The predicted molar refractivity (Wildman–Crippen MR) is 137 cm³/mol. The Hall–Kier alpha value is -3.26. The molecule has 4 rings (SSSR count). The zero-order chi connectivity index (χ0) is 23.9. The van der Waals surface area contributed by atoms with E-state index in [0.29, 0.717) is 23.3 Å². The Morgan fingerprint density at radius 2 is 1.88 bits per heavy atom. The first-order valence-corrected chi connectivity index (χ1v) is 12.8. The first-order valence-electron chi connectivity index (χ1n) is 11.8. The van der Waals surface area contributed by atoms with Crippen LogP contribution >= 0.6 is 11.8 Å². The number of aromatic nitrogens is 3. The van der Waals surface area contributed by atoms with Gasteiger partial charge >= 0.3 is 0 Å². The largest absolute Gasteiger partial charge is 0.494 e. The first kappa shape index (κ1) is 23.9. The molecule has 0 saturated carbocycles. The molecule has 178 valence electrons. The number of rotatable bonds is 10. The molecule has 0 bridgehead atoms. The summed E-state index contributed by atoms with van der Waals surface area (Å²) < 4.78 is 7.58. The van der Waals surface area contributed by atoms with Gasteiger partial charge in [0.25, 0.3) is 5.91 Å². The molecule has 7 nitrogen and oxygen atoms in total. The summed E-state index contributed by atoms with van der Waals surface area (Å²) in [6.45, 7) is 6.83. The van der Waals surface area contributed by atoms with E-state index in [4.69, 9.17) is 14.8 Å². The van der Waals surface area contributed by atoms with Gasteiger partial charge in [0.05, 0.1) is 12.2 Å². The van der Waals surface area contributed by atoms with Gasteiger partial charge in [0.2, 0.25) is 11.1 Å². The molecule has 2 N–H and O–H groups in total. The predicted octanol–water partition coefficient (Wildman–Crippen LogP) is 5.89. The van der Waals surface area contributed by atoms with Gasteiger partial charge in [-0.3, -0.25) is 4.79 Å². The summed E-state index contributed by atoms with van der Waals surface area (Å²) >= 11 is 1.64. The fourth-order valence-corrected chi connectivity index (χ4v) is 4.70. The van der Waals surface area contributed by atoms with Crippen molar-refractivity contribution in [2.24, 2.45) is 0 Å². The second-order valence-corrected chi connectivity index (χ2v) is 9.23. The van der Waals surface area contributed by atoms with Crippen LogP contribution in [0.4, 0.5) is 11.6 Å². The van der Waals surface area contributed by atoms with Crippen molar-refractivity contribution in [2.75, 3.05) is 23.0 Å². The average Bonchev–Trinajstić information content (AvgIpc) is 3.25. The highest BCUT2D eigenvalue weighted by molar-refractivity contribution is 7.99. The maximum Gasteiger partial charge on any atom is 0.255 e. The van der Waals surface area contributed by atoms with E-state index in [0.717, 1.165) is 47.7 Å². The molecule has 8 heteroatoms. The van der Waals surface area contributed by atoms with Crippen molar-refractivity contribution in [1.82, 2.24) is 14.8 Å². The number of fused-ring (bicyclic) bond motifs is 1. The van der Waals surface area contributed by atoms with Crippen LogP contribution in [0.15, 0.2) is 71.0 Å². The monoisotopic (exact) mass is 477 g/mol. The van der Waals surface area contributed by atoms with Crippen molar-refractivity contribution < 1.29 is 9.53 Å². The highest BCUT2D eigenvalue weighted by Gasteiger charge is 2.34. The van der Waals surface area contributed by atoms with Gasteiger partial charge in [-0.1, -0.05) is 62.4 Å². The Morgan fingerprint density at radius 3 is 2.59 bits per heavy atom. The smallest absolute Gasteiger partial charge is 0.255 e. The quantitative estimate of drug-likeness (QED) is 0.280. The first-order chi connectivity index (χ1) is 16.6. The van der Waals surface area contributed by atoms with Gasteiger partial charge in [-0.2, -0.15) is 4.98 Å². The number of carbonyl (C=O) groups excluding carboxylic acids is 1. The van der Waals surface area contributed by atoms with Crippen LogP contribution in [0, 0.1) is 0 Å². The van der Waals surface area contributed by atoms with Crippen LogP contribution in [-0.4, -0.2) is 33.0 Å². The minimum atomic E-state index is -0.409. The average molecular weight is 478 g/mol. The molecular formula is C26H31N5O2S. The fraction of sp³-hybridized carbons (Fsp3) is 0.346. The van der Waals surface area contributed by atoms with Gasteiger partial charge < -0.3 is 15.4 Å². The number of amides is 1. The van der Waals surface area contributed by atoms with Gasteiger partial charge in [0.1, 0.15) is 11.8 Å². The van der Waals surface area contributed by atoms with E-state index in [9.17, 15) is 4.79 Å². The topological polar surface area (TPSA) is 81.1 Å². The van der Waals surface area contributed by atoms with Gasteiger partial charge in [-0.25, -0.2) is 4.68 Å². The van der Waals surface area contributed by atoms with Crippen LogP contribution < -0.4 is 15.4 Å². The Morgan fingerprint density at radius 1 is 1.12 bits per heavy atom. The SMILES string of the molecule is CCCCSc1nc2n(n1)C(c1ccc(OCCC)cc1)C(C(=O)Nc1ccccc1)=C(C)N2. The summed E-state index contributed by atoms with van der Waals surface area (Å²) in [4.78, 5) is 18.2. The molecule has 1 amide bonds. The number of thioether (sulfide) groups is 1. The van der Waals surface area contributed by atoms with E-state index < -0.39 is 6.04 Å². The third-order valence-electron chi connectivity index (χ3n) is 5.51. The van der Waals surface area contributed by atoms with Crippen molar-refractivity contribution >= 4 is 29.3 Å². The minimum Gasteiger partial charge on any atom is -0.494 e. The lowest BCUT2D eigenvalue weighted by atomic mass is 9.95. The fourth-order valence-electron chi connectivity index (χ4n) is 3.79. The Bertz CT molecular complexity index is 1140. The Labute approximate surface area is 205 Å². The number of nitrogens with zero attached hydrogens (tertiary/aromatic N) is 3. The second-order valence-electron chi connectivity index (χ2n) is 8.17. The molecule has 3 aromatic rings. The van der Waals surface area contributed by atoms with Gasteiger partial charge in [-0.15, -0.1) is 5.10 Å². The molecular weight excluding hydrogens is 446 g/mol. The minimum absolute atomic E-state index is 0.172. The molecule has 1 atom stereocenters. The van der Waals surface area contributed by atoms with Crippen LogP contribution in [0.2, 0.25) is 0 Å². The van der Waals surface area contributed by atoms with E-state index in [1.54, 1.807) is 11.8 Å². The normalized spacial score (nSPS) is 15.0. The van der Waals surface area contributed by atoms with Gasteiger partial charge in [0, 0.05) is 17.1 Å². The molecule has 0 fully saturated rings. The lowest BCUT2D eigenvalue weighted by molar-refractivity contribution is -0.113. The number of hydrogen-bond donors (Lipinski definition) is 2. The highest BCUT2D eigenvalue weighted by Crippen LogP contribution is 2.37. The van der Waals surface area contributed by atoms with Crippen molar-refractivity contribution in [2.45, 2.75) is 51.2 Å². The van der Waals surface area contributed by atoms with Crippen LogP contribution in [0.3, 0.4) is 0 Å². The number of ether oxygens (including phenoxy) is 1. The zero-order valence-corrected chi connectivity index (χ0v) is 20.7. The van der Waals surface area contributed by atoms with Crippen molar-refractivity contribution in [1.29, 1.82) is 0 Å². The number of hydrogen-bond acceptors (Lipinski definition) is 6. The second kappa shape index (κ2) is 11.2. The summed E-state index contributed by atoms with van der Waals surface area (Å²) in [5.41, 5.74) is 3.05. The summed E-state index contributed by atoms with van der Waals surface area (Å²) in [6, 6.07) is 17.0. The molecule has 0 radical (unpaired) electrons. The molecule has 2 heterocycles.